The van der Waals surface area contributed by atoms with Crippen molar-refractivity contribution < 1.29 is 4.39 Å². The molecule has 1 N–H and O–H groups in total. The minimum absolute atomic E-state index is 0.360. The van der Waals surface area contributed by atoms with Crippen molar-refractivity contribution >= 4 is 5.95 Å². The third-order valence-corrected chi connectivity index (χ3v) is 1.87. The molecule has 0 amide bonds. The minimum atomic E-state index is -0.360. The van der Waals surface area contributed by atoms with E-state index in [1.807, 2.05) is 0 Å². The summed E-state index contributed by atoms with van der Waals surface area (Å²) in [6.07, 6.45) is 2.79. The quantitative estimate of drug-likeness (QED) is 0.809. The lowest BCUT2D eigenvalue weighted by atomic mass is 10.2. The van der Waals surface area contributed by atoms with Crippen LogP contribution in [0.15, 0.2) is 30.6 Å². The van der Waals surface area contributed by atoms with Gasteiger partial charge in [0, 0.05) is 13.2 Å². The van der Waals surface area contributed by atoms with Gasteiger partial charge in [-0.05, 0) is 18.2 Å². The molecule has 15 heavy (non-hydrogen) atoms. The summed E-state index contributed by atoms with van der Waals surface area (Å²) in [5.74, 6) is 0.153. The fourth-order valence-corrected chi connectivity index (χ4v) is 1.15. The third kappa shape index (κ3) is 2.07. The first-order chi connectivity index (χ1) is 7.29. The van der Waals surface area contributed by atoms with E-state index >= 15 is 0 Å². The number of hydrogen-bond donors (Lipinski definition) is 1. The SMILES string of the molecule is CNc1nccc(-c2ccc(F)cn2)n1. The topological polar surface area (TPSA) is 50.7 Å². The van der Waals surface area contributed by atoms with Crippen molar-refractivity contribution in [1.29, 1.82) is 0 Å². The van der Waals surface area contributed by atoms with E-state index in [0.29, 0.717) is 17.3 Å². The van der Waals surface area contributed by atoms with Gasteiger partial charge in [0.1, 0.15) is 5.82 Å². The predicted molar refractivity (Wildman–Crippen MR) is 54.8 cm³/mol. The fourth-order valence-electron chi connectivity index (χ4n) is 1.15. The number of halogens is 1. The molecule has 2 aromatic rings. The van der Waals surface area contributed by atoms with Gasteiger partial charge in [0.2, 0.25) is 5.95 Å². The number of pyridine rings is 1. The summed E-state index contributed by atoms with van der Waals surface area (Å²) >= 11 is 0. The zero-order chi connectivity index (χ0) is 10.7. The summed E-state index contributed by atoms with van der Waals surface area (Å²) < 4.78 is 12.6. The molecule has 0 aliphatic carbocycles. The Balaban J connectivity index is 2.40. The first kappa shape index (κ1) is 9.51. The van der Waals surface area contributed by atoms with Crippen LogP contribution in [-0.4, -0.2) is 22.0 Å². The van der Waals surface area contributed by atoms with Crippen LogP contribution >= 0.6 is 0 Å². The van der Waals surface area contributed by atoms with E-state index in [2.05, 4.69) is 20.3 Å². The number of rotatable bonds is 2. The maximum atomic E-state index is 12.6. The van der Waals surface area contributed by atoms with Crippen molar-refractivity contribution in [3.05, 3.63) is 36.4 Å². The molecule has 0 unspecified atom stereocenters. The van der Waals surface area contributed by atoms with Crippen LogP contribution in [0.2, 0.25) is 0 Å². The highest BCUT2D eigenvalue weighted by Crippen LogP contribution is 2.14. The Bertz CT molecular complexity index is 455. The Kier molecular flexibility index (Phi) is 2.53. The van der Waals surface area contributed by atoms with Crippen LogP contribution in [0, 0.1) is 5.82 Å². The monoisotopic (exact) mass is 204 g/mol. The summed E-state index contributed by atoms with van der Waals surface area (Å²) in [6.45, 7) is 0. The van der Waals surface area contributed by atoms with E-state index in [1.54, 1.807) is 25.4 Å². The molecule has 0 radical (unpaired) electrons. The zero-order valence-electron chi connectivity index (χ0n) is 8.11. The van der Waals surface area contributed by atoms with Crippen molar-refractivity contribution in [2.24, 2.45) is 0 Å². The Morgan fingerprint density at radius 3 is 2.67 bits per heavy atom. The van der Waals surface area contributed by atoms with Crippen molar-refractivity contribution in [1.82, 2.24) is 15.0 Å². The molecule has 0 aliphatic heterocycles. The molecule has 0 saturated carbocycles. The normalized spacial score (nSPS) is 10.0. The van der Waals surface area contributed by atoms with E-state index in [9.17, 15) is 4.39 Å². The highest BCUT2D eigenvalue weighted by atomic mass is 19.1. The molecule has 2 rings (SSSR count). The second-order valence-electron chi connectivity index (χ2n) is 2.88. The molecule has 2 heterocycles. The molecule has 0 spiro atoms. The van der Waals surface area contributed by atoms with E-state index in [1.165, 1.54) is 6.07 Å². The summed E-state index contributed by atoms with van der Waals surface area (Å²) in [5, 5.41) is 2.82. The first-order valence-corrected chi connectivity index (χ1v) is 4.42. The van der Waals surface area contributed by atoms with Crippen LogP contribution in [0.3, 0.4) is 0 Å². The van der Waals surface area contributed by atoms with Gasteiger partial charge in [-0.15, -0.1) is 0 Å². The van der Waals surface area contributed by atoms with Gasteiger partial charge in [-0.2, -0.15) is 0 Å². The van der Waals surface area contributed by atoms with Crippen molar-refractivity contribution in [3.8, 4) is 11.4 Å². The Morgan fingerprint density at radius 2 is 2.00 bits per heavy atom. The standard InChI is InChI=1S/C10H9FN4/c1-12-10-13-5-4-9(15-10)8-3-2-7(11)6-14-8/h2-6H,1H3,(H,12,13,15). The van der Waals surface area contributed by atoms with Gasteiger partial charge in [0.25, 0.3) is 0 Å². The van der Waals surface area contributed by atoms with E-state index in [-0.39, 0.29) is 5.82 Å². The largest absolute Gasteiger partial charge is 0.357 e. The molecule has 0 aromatic carbocycles. The zero-order valence-corrected chi connectivity index (χ0v) is 8.11. The van der Waals surface area contributed by atoms with Crippen molar-refractivity contribution in [3.63, 3.8) is 0 Å². The minimum Gasteiger partial charge on any atom is -0.357 e. The maximum absolute atomic E-state index is 12.6. The molecule has 0 atom stereocenters. The highest BCUT2D eigenvalue weighted by Gasteiger charge is 2.02. The maximum Gasteiger partial charge on any atom is 0.222 e. The van der Waals surface area contributed by atoms with Gasteiger partial charge >= 0.3 is 0 Å². The molecule has 76 valence electrons. The second-order valence-corrected chi connectivity index (χ2v) is 2.88. The fraction of sp³-hybridized carbons (Fsp3) is 0.100. The van der Waals surface area contributed by atoms with Crippen molar-refractivity contribution in [2.75, 3.05) is 12.4 Å². The van der Waals surface area contributed by atoms with Crippen LogP contribution in [0.4, 0.5) is 10.3 Å². The molecular weight excluding hydrogens is 195 g/mol. The van der Waals surface area contributed by atoms with Crippen molar-refractivity contribution in [2.45, 2.75) is 0 Å². The van der Waals surface area contributed by atoms with Gasteiger partial charge in [0.05, 0.1) is 17.6 Å². The van der Waals surface area contributed by atoms with E-state index in [4.69, 9.17) is 0 Å². The van der Waals surface area contributed by atoms with Gasteiger partial charge in [-0.3, -0.25) is 4.98 Å². The number of nitrogens with one attached hydrogen (secondary N) is 1. The lowest BCUT2D eigenvalue weighted by Gasteiger charge is -2.01. The van der Waals surface area contributed by atoms with Crippen LogP contribution in [0.5, 0.6) is 0 Å². The lowest BCUT2D eigenvalue weighted by Crippen LogP contribution is -1.97. The lowest BCUT2D eigenvalue weighted by molar-refractivity contribution is 0.622. The van der Waals surface area contributed by atoms with Crippen LogP contribution in [0.1, 0.15) is 0 Å². The van der Waals surface area contributed by atoms with Crippen LogP contribution in [0.25, 0.3) is 11.4 Å². The molecule has 5 heteroatoms. The third-order valence-electron chi connectivity index (χ3n) is 1.87. The van der Waals surface area contributed by atoms with Gasteiger partial charge in [-0.25, -0.2) is 14.4 Å². The smallest absolute Gasteiger partial charge is 0.222 e. The highest BCUT2D eigenvalue weighted by molar-refractivity contribution is 5.54. The number of hydrogen-bond acceptors (Lipinski definition) is 4. The molecule has 4 nitrogen and oxygen atoms in total. The summed E-state index contributed by atoms with van der Waals surface area (Å²) in [7, 11) is 1.73. The Labute approximate surface area is 86.2 Å². The number of anilines is 1. The van der Waals surface area contributed by atoms with Gasteiger partial charge < -0.3 is 5.32 Å². The summed E-state index contributed by atoms with van der Waals surface area (Å²) in [4.78, 5) is 12.1. The molecule has 0 fully saturated rings. The molecule has 0 bridgehead atoms. The van der Waals surface area contributed by atoms with E-state index in [0.717, 1.165) is 6.20 Å². The predicted octanol–water partition coefficient (Wildman–Crippen LogP) is 1.72. The number of aromatic nitrogens is 3. The Morgan fingerprint density at radius 1 is 1.13 bits per heavy atom. The average Bonchev–Trinajstić information content (AvgIpc) is 2.30. The molecule has 0 aliphatic rings. The first-order valence-electron chi connectivity index (χ1n) is 4.42. The van der Waals surface area contributed by atoms with E-state index < -0.39 is 0 Å². The Hall–Kier alpha value is -2.04. The van der Waals surface area contributed by atoms with Crippen LogP contribution < -0.4 is 5.32 Å². The number of nitrogens with zero attached hydrogens (tertiary/aromatic N) is 3. The molecule has 0 saturated heterocycles. The average molecular weight is 204 g/mol. The second kappa shape index (κ2) is 4.00. The van der Waals surface area contributed by atoms with Crippen LogP contribution in [-0.2, 0) is 0 Å². The molecular formula is C10H9FN4. The molecule has 2 aromatic heterocycles. The van der Waals surface area contributed by atoms with Gasteiger partial charge in [-0.1, -0.05) is 0 Å². The summed E-state index contributed by atoms with van der Waals surface area (Å²) in [6, 6.07) is 4.65. The van der Waals surface area contributed by atoms with Gasteiger partial charge in [0.15, 0.2) is 0 Å². The summed E-state index contributed by atoms with van der Waals surface area (Å²) in [5.41, 5.74) is 1.28.